The van der Waals surface area contributed by atoms with Gasteiger partial charge in [0.1, 0.15) is 11.6 Å². The highest BCUT2D eigenvalue weighted by Gasteiger charge is 2.74. The predicted octanol–water partition coefficient (Wildman–Crippen LogP) is 2.94. The van der Waals surface area contributed by atoms with Gasteiger partial charge in [0, 0.05) is 17.8 Å². The smallest absolute Gasteiger partial charge is 0.246 e. The minimum Gasteiger partial charge on any atom is -0.359 e. The van der Waals surface area contributed by atoms with Crippen molar-refractivity contribution in [3.63, 3.8) is 0 Å². The average molecular weight is 464 g/mol. The van der Waals surface area contributed by atoms with Crippen molar-refractivity contribution in [3.05, 3.63) is 42.0 Å². The molecule has 2 bridgehead atoms. The summed E-state index contributed by atoms with van der Waals surface area (Å²) in [7, 11) is 0. The SMILES string of the molecule is Cc1cccc(NC(=O)[C@H]2[C@H]3C=C[C@@]4(O3)[C@H]2C(=O)N(C2CC2)[C@@H]4C(=O)N[C@@H]2CCCC[C@H]2C)c1. The Balaban J connectivity index is 1.29. The Bertz CT molecular complexity index is 1070. The van der Waals surface area contributed by atoms with Crippen molar-refractivity contribution in [1.82, 2.24) is 10.2 Å². The van der Waals surface area contributed by atoms with Gasteiger partial charge in [-0.05, 0) is 56.2 Å². The largest absolute Gasteiger partial charge is 0.359 e. The van der Waals surface area contributed by atoms with E-state index in [9.17, 15) is 14.4 Å². The Morgan fingerprint density at radius 3 is 2.65 bits per heavy atom. The molecule has 3 heterocycles. The molecule has 6 rings (SSSR count). The van der Waals surface area contributed by atoms with Crippen LogP contribution in [0.25, 0.3) is 0 Å². The summed E-state index contributed by atoms with van der Waals surface area (Å²) in [5, 5.41) is 6.27. The van der Waals surface area contributed by atoms with Crippen LogP contribution >= 0.6 is 0 Å². The van der Waals surface area contributed by atoms with E-state index in [4.69, 9.17) is 4.74 Å². The normalized spacial score (nSPS) is 38.2. The van der Waals surface area contributed by atoms with Crippen LogP contribution in [0.5, 0.6) is 0 Å². The zero-order chi connectivity index (χ0) is 23.6. The number of benzene rings is 1. The predicted molar refractivity (Wildman–Crippen MR) is 127 cm³/mol. The number of carbonyl (C=O) groups is 3. The summed E-state index contributed by atoms with van der Waals surface area (Å²) in [5.74, 6) is -1.38. The van der Waals surface area contributed by atoms with Gasteiger partial charge in [-0.15, -0.1) is 0 Å². The molecule has 180 valence electrons. The monoisotopic (exact) mass is 463 g/mol. The molecule has 7 nitrogen and oxygen atoms in total. The minimum absolute atomic E-state index is 0.0588. The number of hydrogen-bond acceptors (Lipinski definition) is 4. The van der Waals surface area contributed by atoms with E-state index in [-0.39, 0.29) is 29.8 Å². The number of carbonyl (C=O) groups excluding carboxylic acids is 3. The van der Waals surface area contributed by atoms with Gasteiger partial charge in [0.2, 0.25) is 17.7 Å². The maximum Gasteiger partial charge on any atom is 0.246 e. The molecular formula is C27H33N3O4. The fourth-order valence-corrected chi connectivity index (χ4v) is 6.69. The lowest BCUT2D eigenvalue weighted by atomic mass is 9.74. The Hall–Kier alpha value is -2.67. The highest BCUT2D eigenvalue weighted by molar-refractivity contribution is 6.03. The van der Waals surface area contributed by atoms with Crippen LogP contribution in [0, 0.1) is 24.7 Å². The number of aryl methyl sites for hydroxylation is 1. The van der Waals surface area contributed by atoms with Crippen molar-refractivity contribution in [2.24, 2.45) is 17.8 Å². The first kappa shape index (κ1) is 21.8. The van der Waals surface area contributed by atoms with Crippen LogP contribution in [0.4, 0.5) is 5.69 Å². The molecule has 4 fully saturated rings. The van der Waals surface area contributed by atoms with Gasteiger partial charge in [-0.1, -0.05) is 44.1 Å². The summed E-state index contributed by atoms with van der Waals surface area (Å²) in [5.41, 5.74) is 0.681. The summed E-state index contributed by atoms with van der Waals surface area (Å²) in [6.07, 6.45) is 9.45. The molecular weight excluding hydrogens is 430 g/mol. The molecule has 7 atom stereocenters. The van der Waals surface area contributed by atoms with E-state index in [0.717, 1.165) is 37.7 Å². The molecule has 5 aliphatic rings. The van der Waals surface area contributed by atoms with Crippen molar-refractivity contribution < 1.29 is 19.1 Å². The average Bonchev–Trinajstić information content (AvgIpc) is 3.40. The second kappa shape index (κ2) is 7.94. The van der Waals surface area contributed by atoms with Crippen molar-refractivity contribution >= 4 is 23.4 Å². The molecule has 0 radical (unpaired) electrons. The van der Waals surface area contributed by atoms with Crippen molar-refractivity contribution in [1.29, 1.82) is 0 Å². The van der Waals surface area contributed by atoms with Gasteiger partial charge < -0.3 is 20.3 Å². The van der Waals surface area contributed by atoms with Crippen molar-refractivity contribution in [2.75, 3.05) is 5.32 Å². The number of nitrogens with zero attached hydrogens (tertiary/aromatic N) is 1. The lowest BCUT2D eigenvalue weighted by Gasteiger charge is -2.36. The van der Waals surface area contributed by atoms with E-state index in [1.807, 2.05) is 43.3 Å². The number of likely N-dealkylation sites (tertiary alicyclic amines) is 1. The first-order valence-electron chi connectivity index (χ1n) is 12.8. The molecule has 2 N–H and O–H groups in total. The lowest BCUT2D eigenvalue weighted by Crippen LogP contribution is -2.57. The molecule has 2 saturated heterocycles. The second-order valence-electron chi connectivity index (χ2n) is 10.9. The van der Waals surface area contributed by atoms with Crippen LogP contribution in [0.15, 0.2) is 36.4 Å². The maximum atomic E-state index is 13.8. The second-order valence-corrected chi connectivity index (χ2v) is 10.9. The standard InChI is InChI=1S/C27H33N3O4/c1-15-6-5-8-17(14-15)28-24(31)21-20-12-13-27(34-20)22(21)26(33)30(18-10-11-18)23(27)25(32)29-19-9-4-3-7-16(19)2/h5-6,8,12-14,16,18-23H,3-4,7,9-11H2,1-2H3,(H,28,31)(H,29,32)/t16-,19-,20-,21+,22-,23-,27-/m1/s1. The topological polar surface area (TPSA) is 87.7 Å². The van der Waals surface area contributed by atoms with Crippen molar-refractivity contribution in [3.8, 4) is 0 Å². The van der Waals surface area contributed by atoms with Gasteiger partial charge >= 0.3 is 0 Å². The third kappa shape index (κ3) is 3.31. The molecule has 1 spiro atoms. The summed E-state index contributed by atoms with van der Waals surface area (Å²) in [4.78, 5) is 42.7. The summed E-state index contributed by atoms with van der Waals surface area (Å²) in [6.45, 7) is 4.16. The number of fused-ring (bicyclic) bond motifs is 1. The zero-order valence-electron chi connectivity index (χ0n) is 19.8. The number of amides is 3. The van der Waals surface area contributed by atoms with Crippen LogP contribution in [0.1, 0.15) is 51.0 Å². The Kier molecular flexibility index (Phi) is 5.10. The first-order valence-corrected chi connectivity index (χ1v) is 12.8. The van der Waals surface area contributed by atoms with Crippen molar-refractivity contribution in [2.45, 2.75) is 82.2 Å². The van der Waals surface area contributed by atoms with Gasteiger partial charge in [-0.2, -0.15) is 0 Å². The fraction of sp³-hybridized carbons (Fsp3) is 0.593. The van der Waals surface area contributed by atoms with Gasteiger partial charge in [0.05, 0.1) is 17.9 Å². The molecule has 3 amide bonds. The molecule has 0 aromatic heterocycles. The molecule has 2 aliphatic carbocycles. The fourth-order valence-electron chi connectivity index (χ4n) is 6.69. The number of anilines is 1. The number of hydrogen-bond donors (Lipinski definition) is 2. The van der Waals surface area contributed by atoms with E-state index < -0.39 is 29.6 Å². The molecule has 7 heteroatoms. The Morgan fingerprint density at radius 1 is 1.12 bits per heavy atom. The zero-order valence-corrected chi connectivity index (χ0v) is 19.8. The van der Waals surface area contributed by atoms with Crippen LogP contribution in [-0.4, -0.2) is 52.5 Å². The highest BCUT2D eigenvalue weighted by atomic mass is 16.5. The van der Waals surface area contributed by atoms with Gasteiger partial charge in [-0.25, -0.2) is 0 Å². The third-order valence-corrected chi connectivity index (χ3v) is 8.53. The van der Waals surface area contributed by atoms with E-state index >= 15 is 0 Å². The van der Waals surface area contributed by atoms with Gasteiger partial charge in [0.15, 0.2) is 0 Å². The van der Waals surface area contributed by atoms with E-state index in [0.29, 0.717) is 11.6 Å². The summed E-state index contributed by atoms with van der Waals surface area (Å²) < 4.78 is 6.41. The van der Waals surface area contributed by atoms with E-state index in [1.54, 1.807) is 4.90 Å². The number of nitrogens with one attached hydrogen (secondary N) is 2. The van der Waals surface area contributed by atoms with Gasteiger partial charge in [-0.3, -0.25) is 14.4 Å². The third-order valence-electron chi connectivity index (χ3n) is 8.53. The summed E-state index contributed by atoms with van der Waals surface area (Å²) in [6, 6.07) is 7.08. The van der Waals surface area contributed by atoms with Crippen LogP contribution in [-0.2, 0) is 19.1 Å². The summed E-state index contributed by atoms with van der Waals surface area (Å²) >= 11 is 0. The first-order chi connectivity index (χ1) is 16.4. The molecule has 2 saturated carbocycles. The Labute approximate surface area is 200 Å². The van der Waals surface area contributed by atoms with Crippen LogP contribution in [0.2, 0.25) is 0 Å². The number of ether oxygens (including phenoxy) is 1. The van der Waals surface area contributed by atoms with Gasteiger partial charge in [0.25, 0.3) is 0 Å². The number of rotatable bonds is 5. The van der Waals surface area contributed by atoms with E-state index in [1.165, 1.54) is 6.42 Å². The quantitative estimate of drug-likeness (QED) is 0.658. The highest BCUT2D eigenvalue weighted by Crippen LogP contribution is 2.57. The van der Waals surface area contributed by atoms with Crippen LogP contribution < -0.4 is 10.6 Å². The molecule has 1 aromatic rings. The molecule has 1 aromatic carbocycles. The molecule has 3 aliphatic heterocycles. The minimum atomic E-state index is -1.07. The molecule has 34 heavy (non-hydrogen) atoms. The maximum absolute atomic E-state index is 13.8. The lowest BCUT2D eigenvalue weighted by molar-refractivity contribution is -0.142. The van der Waals surface area contributed by atoms with Crippen LogP contribution in [0.3, 0.4) is 0 Å². The molecule has 0 unspecified atom stereocenters. The Morgan fingerprint density at radius 2 is 1.91 bits per heavy atom. The van der Waals surface area contributed by atoms with E-state index in [2.05, 4.69) is 17.6 Å².